The van der Waals surface area contributed by atoms with Crippen LogP contribution in [0.5, 0.6) is 0 Å². The van der Waals surface area contributed by atoms with Gasteiger partial charge < -0.3 is 11.2 Å². The molecule has 0 unspecified atom stereocenters. The second-order valence-corrected chi connectivity index (χ2v) is 5.16. The fourth-order valence-electron chi connectivity index (χ4n) is 1.19. The largest absolute Gasteiger partial charge is 0.383 e. The summed E-state index contributed by atoms with van der Waals surface area (Å²) < 4.78 is 0. The predicted molar refractivity (Wildman–Crippen MR) is 67.2 cm³/mol. The molecule has 1 aromatic rings. The van der Waals surface area contributed by atoms with Crippen LogP contribution in [0, 0.1) is 6.92 Å². The van der Waals surface area contributed by atoms with Gasteiger partial charge in [-0.05, 0) is 6.92 Å². The minimum absolute atomic E-state index is 0.107. The van der Waals surface area contributed by atoms with Crippen molar-refractivity contribution < 1.29 is 0 Å². The van der Waals surface area contributed by atoms with E-state index in [0.29, 0.717) is 5.82 Å². The zero-order valence-electron chi connectivity index (χ0n) is 10.9. The highest BCUT2D eigenvalue weighted by molar-refractivity contribution is 5.54. The first-order valence-corrected chi connectivity index (χ1v) is 5.30. The number of nitrogens with one attached hydrogen (secondary N) is 1. The van der Waals surface area contributed by atoms with E-state index in [1.165, 1.54) is 0 Å². The molecule has 1 heterocycles. The molecule has 0 radical (unpaired) electrons. The lowest BCUT2D eigenvalue weighted by Gasteiger charge is -2.21. The lowest BCUT2D eigenvalue weighted by Crippen LogP contribution is -2.24. The molecule has 0 atom stereocenters. The first-order chi connectivity index (χ1) is 7.21. The summed E-state index contributed by atoms with van der Waals surface area (Å²) in [7, 11) is 3.82. The molecule has 0 amide bonds. The first kappa shape index (κ1) is 12.7. The quantitative estimate of drug-likeness (QED) is 0.745. The Morgan fingerprint density at radius 1 is 1.19 bits per heavy atom. The molecule has 90 valence electrons. The van der Waals surface area contributed by atoms with Crippen molar-refractivity contribution in [2.45, 2.75) is 33.1 Å². The van der Waals surface area contributed by atoms with Gasteiger partial charge in [0.25, 0.3) is 0 Å². The third-order valence-electron chi connectivity index (χ3n) is 2.18. The zero-order chi connectivity index (χ0) is 12.5. The van der Waals surface area contributed by atoms with Crippen molar-refractivity contribution in [2.24, 2.45) is 0 Å². The Labute approximate surface area is 97.0 Å². The van der Waals surface area contributed by atoms with E-state index in [0.717, 1.165) is 17.2 Å². The summed E-state index contributed by atoms with van der Waals surface area (Å²) in [6.07, 6.45) is 0. The van der Waals surface area contributed by atoms with Gasteiger partial charge in [-0.2, -0.15) is 0 Å². The maximum Gasteiger partial charge on any atom is 0.149 e. The summed E-state index contributed by atoms with van der Waals surface area (Å²) in [5.74, 6) is 2.05. The number of anilines is 2. The third-order valence-corrected chi connectivity index (χ3v) is 2.18. The lowest BCUT2D eigenvalue weighted by atomic mass is 9.95. The van der Waals surface area contributed by atoms with Crippen LogP contribution in [0.2, 0.25) is 0 Å². The molecule has 1 aromatic heterocycles. The lowest BCUT2D eigenvalue weighted by molar-refractivity contribution is 0.487. The maximum absolute atomic E-state index is 5.88. The topological polar surface area (TPSA) is 67.1 Å². The van der Waals surface area contributed by atoms with Crippen molar-refractivity contribution in [3.63, 3.8) is 0 Å². The van der Waals surface area contributed by atoms with Crippen molar-refractivity contribution in [1.29, 1.82) is 0 Å². The van der Waals surface area contributed by atoms with Gasteiger partial charge >= 0.3 is 0 Å². The van der Waals surface area contributed by atoms with E-state index in [2.05, 4.69) is 36.2 Å². The molecular formula is C11H21N5. The van der Waals surface area contributed by atoms with Gasteiger partial charge in [0.05, 0.1) is 0 Å². The number of nitrogens with zero attached hydrogens (tertiary/aromatic N) is 3. The minimum Gasteiger partial charge on any atom is -0.383 e. The Morgan fingerprint density at radius 3 is 2.19 bits per heavy atom. The monoisotopic (exact) mass is 223 g/mol. The molecule has 0 saturated heterocycles. The molecule has 0 aliphatic heterocycles. The van der Waals surface area contributed by atoms with Crippen molar-refractivity contribution in [3.05, 3.63) is 11.4 Å². The summed E-state index contributed by atoms with van der Waals surface area (Å²) in [5.41, 5.74) is 9.78. The minimum atomic E-state index is -0.107. The summed E-state index contributed by atoms with van der Waals surface area (Å²) in [5, 5.41) is 1.83. The zero-order valence-corrected chi connectivity index (χ0v) is 10.9. The third kappa shape index (κ3) is 2.82. The highest BCUT2D eigenvalue weighted by Crippen LogP contribution is 2.24. The van der Waals surface area contributed by atoms with E-state index in [1.807, 2.05) is 26.0 Å². The highest BCUT2D eigenvalue weighted by Gasteiger charge is 2.20. The second-order valence-electron chi connectivity index (χ2n) is 5.16. The number of hydrazine groups is 1. The Morgan fingerprint density at radius 2 is 1.75 bits per heavy atom. The number of hydrogen-bond acceptors (Lipinski definition) is 5. The maximum atomic E-state index is 5.88. The standard InChI is InChI=1S/C11H21N5/c1-7-8(12)13-10(11(2,3)4)14-9(7)15-16(5)6/h1-6H3,(H3,12,13,14,15). The van der Waals surface area contributed by atoms with Crippen molar-refractivity contribution in [3.8, 4) is 0 Å². The molecule has 0 fully saturated rings. The average Bonchev–Trinajstić information content (AvgIpc) is 2.10. The molecule has 5 heteroatoms. The van der Waals surface area contributed by atoms with Crippen LogP contribution in [0.1, 0.15) is 32.2 Å². The van der Waals surface area contributed by atoms with Crippen molar-refractivity contribution in [2.75, 3.05) is 25.3 Å². The van der Waals surface area contributed by atoms with E-state index in [9.17, 15) is 0 Å². The smallest absolute Gasteiger partial charge is 0.149 e. The fraction of sp³-hybridized carbons (Fsp3) is 0.636. The molecule has 0 aromatic carbocycles. The van der Waals surface area contributed by atoms with Crippen LogP contribution in [-0.4, -0.2) is 29.1 Å². The number of rotatable bonds is 2. The first-order valence-electron chi connectivity index (χ1n) is 5.30. The normalized spacial score (nSPS) is 11.9. The van der Waals surface area contributed by atoms with Gasteiger partial charge in [0, 0.05) is 25.1 Å². The van der Waals surface area contributed by atoms with Gasteiger partial charge in [-0.3, -0.25) is 0 Å². The average molecular weight is 223 g/mol. The summed E-state index contributed by atoms with van der Waals surface area (Å²) >= 11 is 0. The summed E-state index contributed by atoms with van der Waals surface area (Å²) in [6.45, 7) is 8.11. The van der Waals surface area contributed by atoms with Crippen LogP contribution in [0.4, 0.5) is 11.6 Å². The number of aromatic nitrogens is 2. The van der Waals surface area contributed by atoms with Crippen LogP contribution in [0.3, 0.4) is 0 Å². The van der Waals surface area contributed by atoms with E-state index in [4.69, 9.17) is 5.73 Å². The molecule has 3 N–H and O–H groups in total. The molecule has 5 nitrogen and oxygen atoms in total. The van der Waals surface area contributed by atoms with E-state index < -0.39 is 0 Å². The molecule has 0 saturated carbocycles. The highest BCUT2D eigenvalue weighted by atomic mass is 15.5. The SMILES string of the molecule is Cc1c(N)nc(C(C)(C)C)nc1NN(C)C. The Bertz CT molecular complexity index is 379. The van der Waals surface area contributed by atoms with Gasteiger partial charge in [-0.25, -0.2) is 15.0 Å². The summed E-state index contributed by atoms with van der Waals surface area (Å²) in [6, 6.07) is 0. The molecule has 0 spiro atoms. The second kappa shape index (κ2) is 4.25. The van der Waals surface area contributed by atoms with E-state index in [-0.39, 0.29) is 5.41 Å². The molecular weight excluding hydrogens is 202 g/mol. The van der Waals surface area contributed by atoms with Crippen LogP contribution < -0.4 is 11.2 Å². The van der Waals surface area contributed by atoms with Gasteiger partial charge in [0.15, 0.2) is 0 Å². The van der Waals surface area contributed by atoms with E-state index >= 15 is 0 Å². The molecule has 16 heavy (non-hydrogen) atoms. The Balaban J connectivity index is 3.22. The van der Waals surface area contributed by atoms with Crippen LogP contribution in [0.25, 0.3) is 0 Å². The molecule has 0 bridgehead atoms. The number of hydrogen-bond donors (Lipinski definition) is 2. The fourth-order valence-corrected chi connectivity index (χ4v) is 1.19. The Kier molecular flexibility index (Phi) is 3.38. The van der Waals surface area contributed by atoms with E-state index in [1.54, 1.807) is 0 Å². The number of nitrogen functional groups attached to an aromatic ring is 1. The van der Waals surface area contributed by atoms with Crippen molar-refractivity contribution in [1.82, 2.24) is 15.0 Å². The molecule has 0 aliphatic rings. The van der Waals surface area contributed by atoms with Crippen molar-refractivity contribution >= 4 is 11.6 Å². The number of nitrogens with two attached hydrogens (primary N) is 1. The van der Waals surface area contributed by atoms with Gasteiger partial charge in [0.1, 0.15) is 17.5 Å². The summed E-state index contributed by atoms with van der Waals surface area (Å²) in [4.78, 5) is 8.82. The predicted octanol–water partition coefficient (Wildman–Crippen LogP) is 1.55. The van der Waals surface area contributed by atoms with Crippen LogP contribution in [0.15, 0.2) is 0 Å². The molecule has 1 rings (SSSR count). The van der Waals surface area contributed by atoms with Gasteiger partial charge in [0.2, 0.25) is 0 Å². The van der Waals surface area contributed by atoms with Gasteiger partial charge in [-0.1, -0.05) is 20.8 Å². The Hall–Kier alpha value is -1.36. The van der Waals surface area contributed by atoms with Crippen LogP contribution in [-0.2, 0) is 5.41 Å². The van der Waals surface area contributed by atoms with Crippen LogP contribution >= 0.6 is 0 Å². The van der Waals surface area contributed by atoms with Gasteiger partial charge in [-0.15, -0.1) is 0 Å². The molecule has 0 aliphatic carbocycles.